The summed E-state index contributed by atoms with van der Waals surface area (Å²) < 4.78 is 5.17. The Kier molecular flexibility index (Phi) is 3.91. The van der Waals surface area contributed by atoms with Gasteiger partial charge in [0.25, 0.3) is 0 Å². The fraction of sp³-hybridized carbons (Fsp3) is 0.294. The Morgan fingerprint density at radius 2 is 1.90 bits per heavy atom. The van der Waals surface area contributed by atoms with E-state index in [1.807, 2.05) is 24.3 Å². The SMILES string of the molecule is COc1ccc(C(Cl)C2CC2c2ccccc2)c(Cl)c1. The summed E-state index contributed by atoms with van der Waals surface area (Å²) >= 11 is 12.9. The largest absolute Gasteiger partial charge is 0.497 e. The Morgan fingerprint density at radius 1 is 1.15 bits per heavy atom. The van der Waals surface area contributed by atoms with Gasteiger partial charge in [-0.2, -0.15) is 0 Å². The molecule has 1 nitrogen and oxygen atoms in total. The second-order valence-corrected chi connectivity index (χ2v) is 6.08. The molecule has 3 rings (SSSR count). The molecule has 0 saturated heterocycles. The molecule has 1 saturated carbocycles. The normalized spacial score (nSPS) is 22.4. The van der Waals surface area contributed by atoms with E-state index in [1.54, 1.807) is 7.11 Å². The van der Waals surface area contributed by atoms with E-state index in [0.717, 1.165) is 17.7 Å². The highest BCUT2D eigenvalue weighted by Crippen LogP contribution is 2.57. The Morgan fingerprint density at radius 3 is 2.55 bits per heavy atom. The van der Waals surface area contributed by atoms with Crippen molar-refractivity contribution in [3.05, 3.63) is 64.7 Å². The maximum atomic E-state index is 6.62. The van der Waals surface area contributed by atoms with Crippen LogP contribution in [0.2, 0.25) is 5.02 Å². The van der Waals surface area contributed by atoms with Crippen LogP contribution >= 0.6 is 23.2 Å². The zero-order chi connectivity index (χ0) is 14.1. The summed E-state index contributed by atoms with van der Waals surface area (Å²) in [5, 5.41) is 0.640. The van der Waals surface area contributed by atoms with E-state index in [1.165, 1.54) is 5.56 Å². The van der Waals surface area contributed by atoms with Crippen molar-refractivity contribution in [2.75, 3.05) is 7.11 Å². The second-order valence-electron chi connectivity index (χ2n) is 5.21. The van der Waals surface area contributed by atoms with Crippen LogP contribution in [0.25, 0.3) is 0 Å². The molecule has 0 radical (unpaired) electrons. The van der Waals surface area contributed by atoms with Crippen LogP contribution in [0.4, 0.5) is 0 Å². The van der Waals surface area contributed by atoms with Gasteiger partial charge in [-0.1, -0.05) is 48.0 Å². The van der Waals surface area contributed by atoms with Crippen molar-refractivity contribution in [2.45, 2.75) is 17.7 Å². The number of methoxy groups -OCH3 is 1. The number of rotatable bonds is 4. The van der Waals surface area contributed by atoms with Gasteiger partial charge in [0.1, 0.15) is 5.75 Å². The van der Waals surface area contributed by atoms with E-state index in [0.29, 0.717) is 16.9 Å². The third-order valence-electron chi connectivity index (χ3n) is 3.95. The molecule has 0 aromatic heterocycles. The lowest BCUT2D eigenvalue weighted by Crippen LogP contribution is -1.97. The molecule has 2 aromatic rings. The summed E-state index contributed by atoms with van der Waals surface area (Å²) in [6, 6.07) is 16.2. The lowest BCUT2D eigenvalue weighted by molar-refractivity contribution is 0.414. The van der Waals surface area contributed by atoms with Crippen LogP contribution in [0.5, 0.6) is 5.75 Å². The molecule has 1 aliphatic carbocycles. The highest BCUT2D eigenvalue weighted by molar-refractivity contribution is 6.33. The highest BCUT2D eigenvalue weighted by atomic mass is 35.5. The second kappa shape index (κ2) is 5.67. The number of ether oxygens (including phenoxy) is 1. The van der Waals surface area contributed by atoms with Crippen LogP contribution in [0.1, 0.15) is 28.8 Å². The monoisotopic (exact) mass is 306 g/mol. The van der Waals surface area contributed by atoms with Gasteiger partial charge in [-0.3, -0.25) is 0 Å². The van der Waals surface area contributed by atoms with E-state index in [2.05, 4.69) is 24.3 Å². The lowest BCUT2D eigenvalue weighted by Gasteiger charge is -2.13. The Hall–Kier alpha value is -1.18. The van der Waals surface area contributed by atoms with Crippen molar-refractivity contribution in [3.63, 3.8) is 0 Å². The van der Waals surface area contributed by atoms with Crippen LogP contribution in [0.15, 0.2) is 48.5 Å². The van der Waals surface area contributed by atoms with E-state index >= 15 is 0 Å². The van der Waals surface area contributed by atoms with Gasteiger partial charge < -0.3 is 4.74 Å². The molecule has 0 spiro atoms. The molecule has 0 aliphatic heterocycles. The van der Waals surface area contributed by atoms with Gasteiger partial charge in [0.05, 0.1) is 12.5 Å². The number of hydrogen-bond donors (Lipinski definition) is 0. The molecule has 0 amide bonds. The minimum Gasteiger partial charge on any atom is -0.497 e. The van der Waals surface area contributed by atoms with Crippen LogP contribution < -0.4 is 4.74 Å². The lowest BCUT2D eigenvalue weighted by atomic mass is 10.0. The van der Waals surface area contributed by atoms with Gasteiger partial charge in [-0.05, 0) is 41.5 Å². The van der Waals surface area contributed by atoms with Gasteiger partial charge in [-0.15, -0.1) is 11.6 Å². The Bertz CT molecular complexity index is 597. The van der Waals surface area contributed by atoms with Gasteiger partial charge in [0, 0.05) is 5.02 Å². The first-order chi connectivity index (χ1) is 9.70. The maximum absolute atomic E-state index is 6.62. The van der Waals surface area contributed by atoms with E-state index in [4.69, 9.17) is 27.9 Å². The quantitative estimate of drug-likeness (QED) is 0.684. The average Bonchev–Trinajstić information content (AvgIpc) is 3.28. The van der Waals surface area contributed by atoms with Gasteiger partial charge in [0.2, 0.25) is 0 Å². The predicted molar refractivity (Wildman–Crippen MR) is 83.9 cm³/mol. The number of alkyl halides is 1. The summed E-state index contributed by atoms with van der Waals surface area (Å²) in [6.45, 7) is 0. The minimum atomic E-state index is -0.0430. The Labute approximate surface area is 129 Å². The van der Waals surface area contributed by atoms with Crippen LogP contribution in [0, 0.1) is 5.92 Å². The maximum Gasteiger partial charge on any atom is 0.120 e. The molecule has 20 heavy (non-hydrogen) atoms. The summed E-state index contributed by atoms with van der Waals surface area (Å²) in [4.78, 5) is 0. The topological polar surface area (TPSA) is 9.23 Å². The zero-order valence-corrected chi connectivity index (χ0v) is 12.7. The number of halogens is 2. The fourth-order valence-electron chi connectivity index (χ4n) is 2.71. The molecule has 104 valence electrons. The molecule has 1 aliphatic rings. The smallest absolute Gasteiger partial charge is 0.120 e. The molecular weight excluding hydrogens is 291 g/mol. The van der Waals surface area contributed by atoms with Crippen molar-refractivity contribution in [3.8, 4) is 5.75 Å². The van der Waals surface area contributed by atoms with Crippen molar-refractivity contribution < 1.29 is 4.74 Å². The number of benzene rings is 2. The zero-order valence-electron chi connectivity index (χ0n) is 11.2. The molecule has 1 fully saturated rings. The van der Waals surface area contributed by atoms with Crippen molar-refractivity contribution in [2.24, 2.45) is 5.92 Å². The third-order valence-corrected chi connectivity index (χ3v) is 4.83. The Balaban J connectivity index is 1.76. The molecule has 0 bridgehead atoms. The van der Waals surface area contributed by atoms with Crippen molar-refractivity contribution in [1.29, 1.82) is 0 Å². The van der Waals surface area contributed by atoms with Crippen molar-refractivity contribution in [1.82, 2.24) is 0 Å². The molecule has 3 unspecified atom stereocenters. The molecule has 3 heteroatoms. The first kappa shape index (κ1) is 13.8. The average molecular weight is 307 g/mol. The standard InChI is InChI=1S/C17H16Cl2O/c1-20-12-7-8-13(16(18)9-12)17(19)15-10-14(15)11-5-3-2-4-6-11/h2-9,14-15,17H,10H2,1H3. The summed E-state index contributed by atoms with van der Waals surface area (Å²) in [5.41, 5.74) is 2.37. The molecular formula is C17H16Cl2O. The van der Waals surface area contributed by atoms with E-state index in [9.17, 15) is 0 Å². The summed E-state index contributed by atoms with van der Waals surface area (Å²) in [6.07, 6.45) is 1.13. The van der Waals surface area contributed by atoms with Crippen LogP contribution in [-0.2, 0) is 0 Å². The van der Waals surface area contributed by atoms with Crippen molar-refractivity contribution >= 4 is 23.2 Å². The summed E-state index contributed by atoms with van der Waals surface area (Å²) in [7, 11) is 1.63. The fourth-order valence-corrected chi connectivity index (χ4v) is 3.52. The predicted octanol–water partition coefficient (Wildman–Crippen LogP) is 5.43. The molecule has 3 atom stereocenters. The van der Waals surface area contributed by atoms with E-state index < -0.39 is 0 Å². The molecule has 0 heterocycles. The first-order valence-corrected chi connectivity index (χ1v) is 7.54. The van der Waals surface area contributed by atoms with Gasteiger partial charge in [0.15, 0.2) is 0 Å². The van der Waals surface area contributed by atoms with Gasteiger partial charge in [-0.25, -0.2) is 0 Å². The molecule has 2 aromatic carbocycles. The van der Waals surface area contributed by atoms with Crippen LogP contribution in [0.3, 0.4) is 0 Å². The van der Waals surface area contributed by atoms with Crippen LogP contribution in [-0.4, -0.2) is 7.11 Å². The highest BCUT2D eigenvalue weighted by Gasteiger charge is 2.44. The van der Waals surface area contributed by atoms with Gasteiger partial charge >= 0.3 is 0 Å². The number of hydrogen-bond acceptors (Lipinski definition) is 1. The van der Waals surface area contributed by atoms with E-state index in [-0.39, 0.29) is 5.38 Å². The summed E-state index contributed by atoms with van der Waals surface area (Å²) in [5.74, 6) is 1.78. The third kappa shape index (κ3) is 2.65. The minimum absolute atomic E-state index is 0.0430. The first-order valence-electron chi connectivity index (χ1n) is 6.73. The molecule has 0 N–H and O–H groups in total.